The number of para-hydroxylation sites is 1. The van der Waals surface area contributed by atoms with Gasteiger partial charge >= 0.3 is 0 Å². The molecule has 3 rings (SSSR count). The summed E-state index contributed by atoms with van der Waals surface area (Å²) in [6, 6.07) is 7.98. The Labute approximate surface area is 177 Å². The maximum absolute atomic E-state index is 12.7. The smallest absolute Gasteiger partial charge is 0.246 e. The van der Waals surface area contributed by atoms with Crippen molar-refractivity contribution in [2.24, 2.45) is 12.0 Å². The summed E-state index contributed by atoms with van der Waals surface area (Å²) in [7, 11) is 7.63. The number of benzene rings is 1. The van der Waals surface area contributed by atoms with E-state index in [1.54, 1.807) is 22.8 Å². The van der Waals surface area contributed by atoms with Gasteiger partial charge in [0.15, 0.2) is 5.96 Å². The lowest BCUT2D eigenvalue weighted by atomic mass is 10.2. The summed E-state index contributed by atoms with van der Waals surface area (Å²) >= 11 is 0. The van der Waals surface area contributed by atoms with Gasteiger partial charge in [0, 0.05) is 52.0 Å². The summed E-state index contributed by atoms with van der Waals surface area (Å²) in [4.78, 5) is 22.9. The minimum Gasteiger partial charge on any atom is -0.492 e. The summed E-state index contributed by atoms with van der Waals surface area (Å²) in [5, 5.41) is 7.53. The van der Waals surface area contributed by atoms with Gasteiger partial charge < -0.3 is 24.8 Å². The number of carbonyl (C=O) groups is 1. The zero-order chi connectivity index (χ0) is 21.5. The Kier molecular flexibility index (Phi) is 7.29. The van der Waals surface area contributed by atoms with Crippen molar-refractivity contribution in [2.45, 2.75) is 6.54 Å². The van der Waals surface area contributed by atoms with Gasteiger partial charge in [-0.25, -0.2) is 0 Å². The SMILES string of the molecule is CN=C(NCc1ccccc1OCCN(C)C)N1CCN(c2cnn(C)c2)C(=O)C1. The molecule has 0 unspecified atom stereocenters. The molecule has 0 radical (unpaired) electrons. The molecular formula is C21H31N7O2. The molecule has 1 amide bonds. The third kappa shape index (κ3) is 5.50. The zero-order valence-electron chi connectivity index (χ0n) is 18.2. The highest BCUT2D eigenvalue weighted by atomic mass is 16.5. The molecule has 9 nitrogen and oxygen atoms in total. The Hall–Kier alpha value is -3.07. The van der Waals surface area contributed by atoms with Crippen molar-refractivity contribution in [3.63, 3.8) is 0 Å². The second kappa shape index (κ2) is 10.1. The van der Waals surface area contributed by atoms with Crippen molar-refractivity contribution in [2.75, 3.05) is 58.8 Å². The van der Waals surface area contributed by atoms with Gasteiger partial charge in [-0.2, -0.15) is 5.10 Å². The molecular weight excluding hydrogens is 382 g/mol. The monoisotopic (exact) mass is 413 g/mol. The normalized spacial score (nSPS) is 15.1. The number of aryl methyl sites for hydroxylation is 1. The molecule has 30 heavy (non-hydrogen) atoms. The number of nitrogens with zero attached hydrogens (tertiary/aromatic N) is 6. The molecule has 1 N–H and O–H groups in total. The van der Waals surface area contributed by atoms with Crippen molar-refractivity contribution < 1.29 is 9.53 Å². The number of carbonyl (C=O) groups excluding carboxylic acids is 1. The van der Waals surface area contributed by atoms with Crippen LogP contribution < -0.4 is 15.0 Å². The van der Waals surface area contributed by atoms with E-state index in [0.717, 1.165) is 23.5 Å². The van der Waals surface area contributed by atoms with E-state index in [0.29, 0.717) is 32.2 Å². The van der Waals surface area contributed by atoms with Gasteiger partial charge in [0.1, 0.15) is 18.9 Å². The Morgan fingerprint density at radius 1 is 1.30 bits per heavy atom. The lowest BCUT2D eigenvalue weighted by Crippen LogP contribution is -2.55. The van der Waals surface area contributed by atoms with Gasteiger partial charge in [-0.3, -0.25) is 14.5 Å². The van der Waals surface area contributed by atoms with Crippen LogP contribution in [0.1, 0.15) is 5.56 Å². The fourth-order valence-electron chi connectivity index (χ4n) is 3.31. The Morgan fingerprint density at radius 3 is 2.77 bits per heavy atom. The highest BCUT2D eigenvalue weighted by Crippen LogP contribution is 2.19. The molecule has 1 aromatic heterocycles. The first-order valence-corrected chi connectivity index (χ1v) is 10.1. The van der Waals surface area contributed by atoms with Crippen LogP contribution in [0.15, 0.2) is 41.7 Å². The molecule has 1 aliphatic heterocycles. The quantitative estimate of drug-likeness (QED) is 0.534. The highest BCUT2D eigenvalue weighted by Gasteiger charge is 2.27. The number of hydrogen-bond acceptors (Lipinski definition) is 5. The third-order valence-corrected chi connectivity index (χ3v) is 4.94. The van der Waals surface area contributed by atoms with Crippen LogP contribution >= 0.6 is 0 Å². The fraction of sp³-hybridized carbons (Fsp3) is 0.476. The molecule has 1 fully saturated rings. The number of guanidine groups is 1. The number of likely N-dealkylation sites (N-methyl/N-ethyl adjacent to an activating group) is 1. The number of aromatic nitrogens is 2. The molecule has 0 saturated carbocycles. The van der Waals surface area contributed by atoms with Crippen LogP contribution in [0.5, 0.6) is 5.75 Å². The second-order valence-electron chi connectivity index (χ2n) is 7.50. The average molecular weight is 414 g/mol. The summed E-state index contributed by atoms with van der Waals surface area (Å²) < 4.78 is 7.64. The first-order chi connectivity index (χ1) is 14.5. The number of amides is 1. The number of rotatable bonds is 7. The van der Waals surface area contributed by atoms with Crippen LogP contribution in [0, 0.1) is 0 Å². The van der Waals surface area contributed by atoms with E-state index in [2.05, 4.69) is 20.3 Å². The van der Waals surface area contributed by atoms with Crippen molar-refractivity contribution in [3.8, 4) is 5.75 Å². The van der Waals surface area contributed by atoms with E-state index in [9.17, 15) is 4.79 Å². The maximum atomic E-state index is 12.7. The second-order valence-corrected chi connectivity index (χ2v) is 7.50. The van der Waals surface area contributed by atoms with E-state index in [4.69, 9.17) is 4.74 Å². The summed E-state index contributed by atoms with van der Waals surface area (Å²) in [5.74, 6) is 1.60. The molecule has 162 valence electrons. The minimum atomic E-state index is 0.0321. The molecule has 1 aliphatic rings. The average Bonchev–Trinajstić information content (AvgIpc) is 3.15. The number of hydrogen-bond donors (Lipinski definition) is 1. The van der Waals surface area contributed by atoms with Crippen LogP contribution in [0.25, 0.3) is 0 Å². The van der Waals surface area contributed by atoms with Crippen LogP contribution in [0.4, 0.5) is 5.69 Å². The molecule has 1 aromatic carbocycles. The van der Waals surface area contributed by atoms with Crippen molar-refractivity contribution in [1.29, 1.82) is 0 Å². The fourth-order valence-corrected chi connectivity index (χ4v) is 3.31. The molecule has 0 aliphatic carbocycles. The lowest BCUT2D eigenvalue weighted by Gasteiger charge is -2.35. The summed E-state index contributed by atoms with van der Waals surface area (Å²) in [6.45, 7) is 3.62. The van der Waals surface area contributed by atoms with Crippen molar-refractivity contribution >= 4 is 17.6 Å². The largest absolute Gasteiger partial charge is 0.492 e. The van der Waals surface area contributed by atoms with Gasteiger partial charge in [-0.05, 0) is 20.2 Å². The van der Waals surface area contributed by atoms with Gasteiger partial charge in [-0.15, -0.1) is 0 Å². The molecule has 2 heterocycles. The van der Waals surface area contributed by atoms with Crippen LogP contribution in [-0.2, 0) is 18.4 Å². The number of aliphatic imine (C=N–C) groups is 1. The van der Waals surface area contributed by atoms with E-state index in [1.807, 2.05) is 56.5 Å². The van der Waals surface area contributed by atoms with Gasteiger partial charge in [0.05, 0.1) is 11.9 Å². The first kappa shape index (κ1) is 21.6. The minimum absolute atomic E-state index is 0.0321. The van der Waals surface area contributed by atoms with Crippen LogP contribution in [-0.4, -0.2) is 85.4 Å². The standard InChI is InChI=1S/C21H31N7O2/c1-22-21(23-13-17-7-5-6-8-19(17)30-12-11-25(2)3)27-9-10-28(20(29)16-27)18-14-24-26(4)15-18/h5-8,14-15H,9-13,16H2,1-4H3,(H,22,23). The number of nitrogens with one attached hydrogen (secondary N) is 1. The van der Waals surface area contributed by atoms with E-state index < -0.39 is 0 Å². The highest BCUT2D eigenvalue weighted by molar-refractivity contribution is 5.98. The third-order valence-electron chi connectivity index (χ3n) is 4.94. The summed E-state index contributed by atoms with van der Waals surface area (Å²) in [5.41, 5.74) is 1.88. The Bertz CT molecular complexity index is 878. The van der Waals surface area contributed by atoms with Crippen molar-refractivity contribution in [1.82, 2.24) is 24.9 Å². The van der Waals surface area contributed by atoms with Crippen LogP contribution in [0.3, 0.4) is 0 Å². The molecule has 9 heteroatoms. The first-order valence-electron chi connectivity index (χ1n) is 10.1. The molecule has 0 spiro atoms. The number of anilines is 1. The summed E-state index contributed by atoms with van der Waals surface area (Å²) in [6.07, 6.45) is 3.57. The van der Waals surface area contributed by atoms with Crippen molar-refractivity contribution in [3.05, 3.63) is 42.2 Å². The molecule has 0 atom stereocenters. The number of piperazine rings is 1. The molecule has 2 aromatic rings. The van der Waals surface area contributed by atoms with Gasteiger partial charge in [-0.1, -0.05) is 18.2 Å². The maximum Gasteiger partial charge on any atom is 0.246 e. The Balaban J connectivity index is 1.57. The topological polar surface area (TPSA) is 78.2 Å². The molecule has 0 bridgehead atoms. The van der Waals surface area contributed by atoms with Crippen LogP contribution in [0.2, 0.25) is 0 Å². The van der Waals surface area contributed by atoms with E-state index >= 15 is 0 Å². The van der Waals surface area contributed by atoms with Gasteiger partial charge in [0.2, 0.25) is 5.91 Å². The molecule has 1 saturated heterocycles. The van der Waals surface area contributed by atoms with E-state index in [-0.39, 0.29) is 12.5 Å². The zero-order valence-corrected chi connectivity index (χ0v) is 18.2. The van der Waals surface area contributed by atoms with E-state index in [1.165, 1.54) is 0 Å². The predicted octanol–water partition coefficient (Wildman–Crippen LogP) is 0.785. The van der Waals surface area contributed by atoms with Gasteiger partial charge in [0.25, 0.3) is 0 Å². The number of ether oxygens (including phenoxy) is 1. The Morgan fingerprint density at radius 2 is 2.10 bits per heavy atom. The predicted molar refractivity (Wildman–Crippen MR) is 118 cm³/mol. The lowest BCUT2D eigenvalue weighted by molar-refractivity contribution is -0.120.